The number of halogens is 2. The fourth-order valence-electron chi connectivity index (χ4n) is 1.89. The molecular weight excluding hydrogens is 306 g/mol. The smallest absolute Gasteiger partial charge is 0.147 e. The number of allylic oxidation sites excluding steroid dienone is 1. The Morgan fingerprint density at radius 3 is 2.47 bits per heavy atom. The maximum Gasteiger partial charge on any atom is -0.147 e. The fraction of sp³-hybridized carbons (Fsp3) is 0.333. The summed E-state index contributed by atoms with van der Waals surface area (Å²) in [6, 6.07) is 8.79. The van der Waals surface area contributed by atoms with Crippen molar-refractivity contribution in [2.45, 2.75) is 23.4 Å². The zero-order chi connectivity index (χ0) is 9.26. The van der Waals surface area contributed by atoms with Crippen LogP contribution in [0.5, 0.6) is 0 Å². The van der Waals surface area contributed by atoms with Gasteiger partial charge in [0.25, 0.3) is 0 Å². The Labute approximate surface area is 119 Å². The summed E-state index contributed by atoms with van der Waals surface area (Å²) in [5, 5.41) is 0. The van der Waals surface area contributed by atoms with Gasteiger partial charge in [0.05, 0.1) is 0 Å². The third-order valence-electron chi connectivity index (χ3n) is 2.56. The van der Waals surface area contributed by atoms with E-state index in [1.54, 1.807) is 35.9 Å². The van der Waals surface area contributed by atoms with E-state index in [1.165, 1.54) is 18.4 Å². The van der Waals surface area contributed by atoms with Gasteiger partial charge < -0.3 is 0 Å². The summed E-state index contributed by atoms with van der Waals surface area (Å²) in [4.78, 5) is 0. The number of fused-ring (bicyclic) bond motifs is 1. The zero-order valence-electron chi connectivity index (χ0n) is 8.69. The van der Waals surface area contributed by atoms with Crippen LogP contribution in [0.3, 0.4) is 0 Å². The first kappa shape index (κ1) is 15.4. The van der Waals surface area contributed by atoms with Gasteiger partial charge in [-0.15, -0.1) is 24.8 Å². The van der Waals surface area contributed by atoms with Gasteiger partial charge in [0.15, 0.2) is 0 Å². The van der Waals surface area contributed by atoms with Gasteiger partial charge in [-0.25, -0.2) is 0 Å². The van der Waals surface area contributed by atoms with Crippen LogP contribution in [0.4, 0.5) is 0 Å². The number of hydrogen-bond acceptors (Lipinski definition) is 0. The normalized spacial score (nSPS) is 17.1. The summed E-state index contributed by atoms with van der Waals surface area (Å²) in [5.74, 6) is 0. The second kappa shape index (κ2) is 6.89. The van der Waals surface area contributed by atoms with E-state index in [0.29, 0.717) is 0 Å². The van der Waals surface area contributed by atoms with Crippen LogP contribution < -0.4 is 0 Å². The minimum atomic E-state index is 0. The topological polar surface area (TPSA) is 0 Å². The predicted octanol–water partition coefficient (Wildman–Crippen LogP) is 4.32. The first-order valence-corrected chi connectivity index (χ1v) is 6.25. The molecule has 0 bridgehead atoms. The molecule has 0 nitrogen and oxygen atoms in total. The molecule has 0 aliphatic heterocycles. The van der Waals surface area contributed by atoms with Gasteiger partial charge in [-0.1, -0.05) is 0 Å². The van der Waals surface area contributed by atoms with E-state index in [9.17, 15) is 0 Å². The number of rotatable bonds is 2. The number of benzene rings is 1. The van der Waals surface area contributed by atoms with Crippen LogP contribution >= 0.6 is 24.8 Å². The van der Waals surface area contributed by atoms with Crippen LogP contribution in [0, 0.1) is 0 Å². The third kappa shape index (κ3) is 3.19. The monoisotopic (exact) mass is 319 g/mol. The van der Waals surface area contributed by atoms with E-state index < -0.39 is 0 Å². The van der Waals surface area contributed by atoms with E-state index in [2.05, 4.69) is 37.3 Å². The molecule has 0 saturated heterocycles. The molecule has 1 unspecified atom stereocenters. The fourth-order valence-corrected chi connectivity index (χ4v) is 3.10. The van der Waals surface area contributed by atoms with Gasteiger partial charge in [-0.05, 0) is 0 Å². The van der Waals surface area contributed by atoms with Crippen molar-refractivity contribution in [1.29, 1.82) is 0 Å². The molecular formula is C12H15Cl2Zr. The first-order chi connectivity index (χ1) is 6.33. The molecule has 0 fully saturated rings. The van der Waals surface area contributed by atoms with E-state index in [0.717, 1.165) is 3.63 Å². The van der Waals surface area contributed by atoms with E-state index in [4.69, 9.17) is 0 Å². The van der Waals surface area contributed by atoms with Crippen LogP contribution in [0.25, 0.3) is 6.08 Å². The van der Waals surface area contributed by atoms with E-state index >= 15 is 0 Å². The van der Waals surface area contributed by atoms with Gasteiger partial charge in [0, 0.05) is 0 Å². The average Bonchev–Trinajstić information content (AvgIpc) is 2.46. The minimum Gasteiger partial charge on any atom is -0.147 e. The summed E-state index contributed by atoms with van der Waals surface area (Å²) in [5.41, 5.74) is 4.64. The van der Waals surface area contributed by atoms with Crippen LogP contribution in [0.2, 0.25) is 0 Å². The molecule has 1 aliphatic carbocycles. The Morgan fingerprint density at radius 1 is 1.20 bits per heavy atom. The predicted molar refractivity (Wildman–Crippen MR) is 66.6 cm³/mol. The van der Waals surface area contributed by atoms with Gasteiger partial charge in [0.1, 0.15) is 0 Å². The largest absolute Gasteiger partial charge is 0.147 e. The summed E-state index contributed by atoms with van der Waals surface area (Å²) >= 11 is 1.63. The summed E-state index contributed by atoms with van der Waals surface area (Å²) < 4.78 is 0.739. The Morgan fingerprint density at radius 2 is 1.87 bits per heavy atom. The standard InChI is InChI=1S/C12H13.2ClH.Zr/c1-2-5-10-8-11-6-3-4-7-12(11)9-10;;;/h3-4,6-9H,2,5H2,1H3;2*1H;. The van der Waals surface area contributed by atoms with Crippen molar-refractivity contribution >= 4 is 30.9 Å². The Bertz CT molecular complexity index is 347. The quantitative estimate of drug-likeness (QED) is 0.761. The summed E-state index contributed by atoms with van der Waals surface area (Å²) in [7, 11) is 0. The molecule has 0 amide bonds. The van der Waals surface area contributed by atoms with Crippen LogP contribution in [-0.2, 0) is 24.7 Å². The Kier molecular flexibility index (Phi) is 7.08. The maximum atomic E-state index is 2.39. The Hall–Kier alpha value is 0.423. The molecule has 1 aliphatic rings. The van der Waals surface area contributed by atoms with Crippen LogP contribution in [0.1, 0.15) is 34.5 Å². The second-order valence-corrected chi connectivity index (χ2v) is 4.95. The molecule has 0 saturated carbocycles. The molecule has 3 heteroatoms. The van der Waals surface area contributed by atoms with Crippen molar-refractivity contribution in [3.05, 3.63) is 41.0 Å². The minimum absolute atomic E-state index is 0. The van der Waals surface area contributed by atoms with Crippen LogP contribution in [0.15, 0.2) is 29.8 Å². The average molecular weight is 321 g/mol. The van der Waals surface area contributed by atoms with Crippen LogP contribution in [-0.4, -0.2) is 0 Å². The molecule has 81 valence electrons. The molecule has 1 aromatic carbocycles. The molecule has 15 heavy (non-hydrogen) atoms. The third-order valence-corrected chi connectivity index (χ3v) is 4.23. The van der Waals surface area contributed by atoms with Crippen molar-refractivity contribution in [3.8, 4) is 0 Å². The number of hydrogen-bond donors (Lipinski definition) is 0. The van der Waals surface area contributed by atoms with Crippen molar-refractivity contribution < 1.29 is 24.7 Å². The van der Waals surface area contributed by atoms with Gasteiger partial charge in [-0.2, -0.15) is 0 Å². The molecule has 1 atom stereocenters. The van der Waals surface area contributed by atoms with Gasteiger partial charge in [0.2, 0.25) is 0 Å². The Balaban J connectivity index is 0.000000980. The molecule has 0 N–H and O–H groups in total. The summed E-state index contributed by atoms with van der Waals surface area (Å²) in [6.45, 7) is 2.26. The van der Waals surface area contributed by atoms with Gasteiger partial charge in [-0.3, -0.25) is 0 Å². The summed E-state index contributed by atoms with van der Waals surface area (Å²) in [6.07, 6.45) is 4.92. The zero-order valence-corrected chi connectivity index (χ0v) is 12.8. The van der Waals surface area contributed by atoms with E-state index in [-0.39, 0.29) is 24.8 Å². The van der Waals surface area contributed by atoms with Crippen molar-refractivity contribution in [3.63, 3.8) is 0 Å². The second-order valence-electron chi connectivity index (χ2n) is 3.53. The van der Waals surface area contributed by atoms with Crippen molar-refractivity contribution in [2.24, 2.45) is 0 Å². The van der Waals surface area contributed by atoms with E-state index in [1.807, 2.05) is 0 Å². The molecule has 1 aromatic rings. The molecule has 2 rings (SSSR count). The molecule has 0 spiro atoms. The van der Waals surface area contributed by atoms with Crippen molar-refractivity contribution in [2.75, 3.05) is 0 Å². The van der Waals surface area contributed by atoms with Crippen molar-refractivity contribution in [1.82, 2.24) is 0 Å². The molecule has 0 aromatic heterocycles. The van der Waals surface area contributed by atoms with Gasteiger partial charge >= 0.3 is 95.2 Å². The SMILES string of the molecule is CCCC1=Cc2ccccc2[CH]1[Zr].Cl.Cl. The maximum absolute atomic E-state index is 2.39. The molecule has 0 heterocycles. The first-order valence-electron chi connectivity index (χ1n) is 4.83. The molecule has 0 radical (unpaired) electrons.